The minimum Gasteiger partial charge on any atom is -0.372 e. The highest BCUT2D eigenvalue weighted by molar-refractivity contribution is 6.07. The number of nitrogens with zero attached hydrogens (tertiary/aromatic N) is 4. The van der Waals surface area contributed by atoms with Crippen LogP contribution in [0.2, 0.25) is 0 Å². The van der Waals surface area contributed by atoms with Crippen molar-refractivity contribution in [1.82, 2.24) is 9.88 Å². The Labute approximate surface area is 253 Å². The van der Waals surface area contributed by atoms with E-state index in [1.807, 2.05) is 39.6 Å². The Bertz CT molecular complexity index is 1490. The maximum absolute atomic E-state index is 15.8. The average Bonchev–Trinajstić information content (AvgIpc) is 2.95. The highest BCUT2D eigenvalue weighted by atomic mass is 19.4. The van der Waals surface area contributed by atoms with Crippen LogP contribution in [0.5, 0.6) is 0 Å². The summed E-state index contributed by atoms with van der Waals surface area (Å²) < 4.78 is 76.6. The van der Waals surface area contributed by atoms with Crippen LogP contribution in [0.3, 0.4) is 0 Å². The third kappa shape index (κ3) is 6.66. The number of amides is 1. The summed E-state index contributed by atoms with van der Waals surface area (Å²) in [5.74, 6) is -2.07. The molecule has 0 unspecified atom stereocenters. The zero-order valence-electron chi connectivity index (χ0n) is 25.3. The molecule has 12 heteroatoms. The molecule has 2 aromatic carbocycles. The fourth-order valence-corrected chi connectivity index (χ4v) is 5.98. The van der Waals surface area contributed by atoms with Gasteiger partial charge in [-0.1, -0.05) is 0 Å². The van der Waals surface area contributed by atoms with E-state index < -0.39 is 34.8 Å². The summed E-state index contributed by atoms with van der Waals surface area (Å²) in [4.78, 5) is 24.1. The van der Waals surface area contributed by atoms with Gasteiger partial charge in [0.05, 0.1) is 34.7 Å². The Morgan fingerprint density at radius 1 is 0.909 bits per heavy atom. The van der Waals surface area contributed by atoms with Gasteiger partial charge in [0, 0.05) is 55.6 Å². The third-order valence-electron chi connectivity index (χ3n) is 8.37. The summed E-state index contributed by atoms with van der Waals surface area (Å²) in [7, 11) is 1.99. The zero-order valence-corrected chi connectivity index (χ0v) is 25.3. The van der Waals surface area contributed by atoms with Gasteiger partial charge in [0.2, 0.25) is 0 Å². The van der Waals surface area contributed by atoms with E-state index in [2.05, 4.69) is 20.1 Å². The number of pyridine rings is 1. The maximum Gasteiger partial charge on any atom is 0.417 e. The molecule has 4 atom stereocenters. The number of morpholine rings is 1. The van der Waals surface area contributed by atoms with E-state index in [-0.39, 0.29) is 35.5 Å². The number of carbonyl (C=O) groups excluding carboxylic acids is 1. The number of hydrogen-bond acceptors (Lipinski definition) is 6. The molecule has 0 radical (unpaired) electrons. The van der Waals surface area contributed by atoms with Crippen LogP contribution in [0, 0.1) is 11.6 Å². The Hall–Kier alpha value is -3.77. The molecule has 3 heterocycles. The minimum atomic E-state index is -4.96. The van der Waals surface area contributed by atoms with Gasteiger partial charge in [-0.3, -0.25) is 9.69 Å². The van der Waals surface area contributed by atoms with Crippen molar-refractivity contribution in [2.75, 3.05) is 48.3 Å². The topological polar surface area (TPSA) is 60.9 Å². The van der Waals surface area contributed by atoms with Crippen molar-refractivity contribution in [3.63, 3.8) is 0 Å². The lowest BCUT2D eigenvalue weighted by Gasteiger charge is -2.44. The average molecular weight is 618 g/mol. The first-order chi connectivity index (χ1) is 20.7. The summed E-state index contributed by atoms with van der Waals surface area (Å²) in [6.07, 6.45) is -3.38. The predicted molar refractivity (Wildman–Crippen MR) is 160 cm³/mol. The van der Waals surface area contributed by atoms with Crippen LogP contribution < -0.4 is 15.1 Å². The fraction of sp³-hybridized carbons (Fsp3) is 0.438. The van der Waals surface area contributed by atoms with E-state index in [4.69, 9.17) is 4.74 Å². The summed E-state index contributed by atoms with van der Waals surface area (Å²) in [5.41, 5.74) is -1.11. The van der Waals surface area contributed by atoms with Crippen LogP contribution in [0.25, 0.3) is 11.1 Å². The second kappa shape index (κ2) is 12.3. The van der Waals surface area contributed by atoms with E-state index >= 15 is 4.39 Å². The number of benzene rings is 2. The molecule has 236 valence electrons. The van der Waals surface area contributed by atoms with Crippen LogP contribution in [-0.4, -0.2) is 73.3 Å². The number of nitrogens with one attached hydrogen (secondary N) is 1. The maximum atomic E-state index is 15.8. The van der Waals surface area contributed by atoms with Crippen molar-refractivity contribution in [3.8, 4) is 11.1 Å². The lowest BCUT2D eigenvalue weighted by Crippen LogP contribution is -2.55. The van der Waals surface area contributed by atoms with Gasteiger partial charge in [0.1, 0.15) is 17.5 Å². The van der Waals surface area contributed by atoms with Crippen molar-refractivity contribution in [3.05, 3.63) is 71.4 Å². The Kier molecular flexibility index (Phi) is 8.86. The monoisotopic (exact) mass is 617 g/mol. The first-order valence-electron chi connectivity index (χ1n) is 14.6. The van der Waals surface area contributed by atoms with E-state index in [1.165, 1.54) is 18.3 Å². The number of halogens is 5. The molecule has 2 saturated heterocycles. The Morgan fingerprint density at radius 2 is 1.57 bits per heavy atom. The van der Waals surface area contributed by atoms with E-state index in [1.54, 1.807) is 12.1 Å². The molecule has 0 saturated carbocycles. The van der Waals surface area contributed by atoms with Crippen LogP contribution >= 0.6 is 0 Å². The number of rotatable bonds is 5. The molecule has 1 N–H and O–H groups in total. The molecule has 7 nitrogen and oxygen atoms in total. The summed E-state index contributed by atoms with van der Waals surface area (Å²) in [6, 6.07) is 8.28. The number of aromatic nitrogens is 1. The highest BCUT2D eigenvalue weighted by Gasteiger charge is 2.36. The molecule has 44 heavy (non-hydrogen) atoms. The molecule has 1 amide bonds. The van der Waals surface area contributed by atoms with Crippen molar-refractivity contribution < 1.29 is 31.5 Å². The predicted octanol–water partition coefficient (Wildman–Crippen LogP) is 6.44. The molecule has 5 rings (SSSR count). The molecule has 0 aliphatic carbocycles. The largest absolute Gasteiger partial charge is 0.417 e. The fourth-order valence-electron chi connectivity index (χ4n) is 5.98. The molecular formula is C32H36F5N5O2. The lowest BCUT2D eigenvalue weighted by molar-refractivity contribution is -0.138. The first kappa shape index (κ1) is 31.6. The minimum absolute atomic E-state index is 0.0235. The molecule has 0 bridgehead atoms. The second-order valence-corrected chi connectivity index (χ2v) is 11.8. The second-order valence-electron chi connectivity index (χ2n) is 11.8. The molecule has 1 aromatic heterocycles. The Balaban J connectivity index is 1.53. The van der Waals surface area contributed by atoms with Gasteiger partial charge in [-0.05, 0) is 77.2 Å². The van der Waals surface area contributed by atoms with E-state index in [0.29, 0.717) is 49.3 Å². The molecule has 2 fully saturated rings. The van der Waals surface area contributed by atoms with Crippen LogP contribution in [-0.2, 0) is 10.9 Å². The van der Waals surface area contributed by atoms with Gasteiger partial charge in [-0.25, -0.2) is 13.8 Å². The van der Waals surface area contributed by atoms with Crippen molar-refractivity contribution in [2.45, 2.75) is 58.2 Å². The zero-order chi connectivity index (χ0) is 31.9. The number of hydrogen-bond donors (Lipinski definition) is 1. The molecule has 0 spiro atoms. The number of carbonyl (C=O) groups is 1. The van der Waals surface area contributed by atoms with Gasteiger partial charge < -0.3 is 19.9 Å². The summed E-state index contributed by atoms with van der Waals surface area (Å²) in [6.45, 7) is 10.3. The number of anilines is 3. The Morgan fingerprint density at radius 3 is 2.16 bits per heavy atom. The van der Waals surface area contributed by atoms with Crippen molar-refractivity contribution in [2.24, 2.45) is 0 Å². The van der Waals surface area contributed by atoms with E-state index in [0.717, 1.165) is 12.1 Å². The van der Waals surface area contributed by atoms with Gasteiger partial charge >= 0.3 is 6.18 Å². The van der Waals surface area contributed by atoms with Crippen molar-refractivity contribution >= 4 is 23.1 Å². The van der Waals surface area contributed by atoms with E-state index in [9.17, 15) is 22.4 Å². The normalized spacial score (nSPS) is 23.1. The summed E-state index contributed by atoms with van der Waals surface area (Å²) in [5, 5.41) is 2.58. The van der Waals surface area contributed by atoms with Gasteiger partial charge in [0.25, 0.3) is 5.91 Å². The van der Waals surface area contributed by atoms with Gasteiger partial charge in [-0.15, -0.1) is 0 Å². The van der Waals surface area contributed by atoms with Crippen molar-refractivity contribution in [1.29, 1.82) is 0 Å². The van der Waals surface area contributed by atoms with Crippen LogP contribution in [0.4, 0.5) is 39.1 Å². The number of ether oxygens (including phenoxy) is 1. The number of piperazine rings is 1. The van der Waals surface area contributed by atoms with Crippen LogP contribution in [0.1, 0.15) is 43.6 Å². The number of alkyl halides is 3. The molecule has 2 aliphatic heterocycles. The first-order valence-corrected chi connectivity index (χ1v) is 14.6. The quantitative estimate of drug-likeness (QED) is 0.333. The molecule has 3 aromatic rings. The summed E-state index contributed by atoms with van der Waals surface area (Å²) >= 11 is 0. The van der Waals surface area contributed by atoms with Crippen LogP contribution in [0.15, 0.2) is 48.7 Å². The highest BCUT2D eigenvalue weighted by Crippen LogP contribution is 2.38. The third-order valence-corrected chi connectivity index (χ3v) is 8.37. The van der Waals surface area contributed by atoms with Gasteiger partial charge in [0.15, 0.2) is 0 Å². The molecule has 2 aliphatic rings. The lowest BCUT2D eigenvalue weighted by atomic mass is 10.0. The molecular weight excluding hydrogens is 581 g/mol. The van der Waals surface area contributed by atoms with Gasteiger partial charge in [-0.2, -0.15) is 13.2 Å². The smallest absolute Gasteiger partial charge is 0.372 e. The standard InChI is InChI=1S/C32H36F5N5O2/c1-18-14-41(15-19(2)40(18)5)29-12-27(34)25(22-6-9-30(38-13-22)42-16-20(3)44-21(4)17-42)11-28(29)39-31(43)24-8-7-23(33)10-26(24)32(35,36)37/h6-13,18-21H,14-17H2,1-5H3,(H,39,43)/t18-,19+,20-,21+. The SMILES string of the molecule is C[C@@H]1CN(c2ccc(-c3cc(NC(=O)c4ccc(F)cc4C(F)(F)F)c(N4C[C@@H](C)N(C)[C@@H](C)C4)cc3F)cn2)C[C@H](C)O1. The number of likely N-dealkylation sites (N-methyl/N-ethyl adjacent to an activating group) is 1.